The molecule has 4 rings (SSSR count). The maximum absolute atomic E-state index is 11.5. The van der Waals surface area contributed by atoms with Gasteiger partial charge in [0.05, 0.1) is 5.92 Å². The molecule has 0 N–H and O–H groups in total. The van der Waals surface area contributed by atoms with Crippen LogP contribution >= 0.6 is 0 Å². The van der Waals surface area contributed by atoms with E-state index in [0.29, 0.717) is 17.1 Å². The first kappa shape index (κ1) is 23.8. The van der Waals surface area contributed by atoms with Gasteiger partial charge in [0.1, 0.15) is 17.8 Å². The second-order valence-corrected chi connectivity index (χ2v) is 16.2. The normalized spacial score (nSPS) is 33.6. The third-order valence-electron chi connectivity index (χ3n) is 7.35. The van der Waals surface area contributed by atoms with Crippen molar-refractivity contribution in [2.75, 3.05) is 0 Å². The van der Waals surface area contributed by atoms with Gasteiger partial charge < -0.3 is 14.2 Å². The van der Waals surface area contributed by atoms with Crippen molar-refractivity contribution in [2.45, 2.75) is 89.4 Å². The van der Waals surface area contributed by atoms with Crippen LogP contribution in [0.4, 0.5) is 0 Å². The van der Waals surface area contributed by atoms with E-state index in [2.05, 4.69) is 33.2 Å². The molecule has 7 heteroatoms. The Morgan fingerprint density at radius 1 is 1.06 bits per heavy atom. The van der Waals surface area contributed by atoms with Crippen LogP contribution < -0.4 is 0 Å². The number of carbonyl (C=O) groups excluding carboxylic acids is 3. The zero-order chi connectivity index (χ0) is 23.1. The van der Waals surface area contributed by atoms with Gasteiger partial charge in [-0.1, -0.05) is 38.3 Å². The summed E-state index contributed by atoms with van der Waals surface area (Å²) >= 11 is 0. The second-order valence-electron chi connectivity index (χ2n) is 10.8. The molecule has 2 saturated carbocycles. The molecule has 31 heavy (non-hydrogen) atoms. The molecular formula is C24H36O6Si. The van der Waals surface area contributed by atoms with Crippen LogP contribution in [0.2, 0.25) is 25.2 Å². The number of ether oxygens (including phenoxy) is 3. The highest BCUT2D eigenvalue weighted by atomic mass is 28.3. The molecular weight excluding hydrogens is 412 g/mol. The lowest BCUT2D eigenvalue weighted by Crippen LogP contribution is -2.42. The lowest BCUT2D eigenvalue weighted by Gasteiger charge is -2.39. The number of rotatable bonds is 4. The van der Waals surface area contributed by atoms with Gasteiger partial charge in [-0.3, -0.25) is 4.79 Å². The maximum Gasteiger partial charge on any atom is 0.333 e. The van der Waals surface area contributed by atoms with Gasteiger partial charge in [-0.2, -0.15) is 0 Å². The summed E-state index contributed by atoms with van der Waals surface area (Å²) in [6.07, 6.45) is 3.37. The average Bonchev–Trinajstić information content (AvgIpc) is 3.30. The molecule has 0 aromatic rings. The Balaban J connectivity index is 0.000000176. The lowest BCUT2D eigenvalue weighted by molar-refractivity contribution is -0.158. The van der Waals surface area contributed by atoms with Gasteiger partial charge in [-0.25, -0.2) is 9.59 Å². The molecule has 2 saturated heterocycles. The van der Waals surface area contributed by atoms with E-state index in [4.69, 9.17) is 14.2 Å². The summed E-state index contributed by atoms with van der Waals surface area (Å²) in [7, 11) is -0.971. The van der Waals surface area contributed by atoms with Crippen molar-refractivity contribution in [2.24, 2.45) is 17.8 Å². The van der Waals surface area contributed by atoms with E-state index in [1.807, 2.05) is 0 Å². The highest BCUT2D eigenvalue weighted by molar-refractivity contribution is 6.77. The Kier molecular flexibility index (Phi) is 6.56. The third kappa shape index (κ3) is 5.13. The summed E-state index contributed by atoms with van der Waals surface area (Å²) in [6.45, 7) is 17.4. The highest BCUT2D eigenvalue weighted by Crippen LogP contribution is 2.55. The van der Waals surface area contributed by atoms with Crippen LogP contribution in [-0.2, 0) is 28.6 Å². The summed E-state index contributed by atoms with van der Waals surface area (Å²) in [4.78, 5) is 34.4. The fourth-order valence-corrected chi connectivity index (χ4v) is 7.82. The van der Waals surface area contributed by atoms with Crippen LogP contribution in [0.3, 0.4) is 0 Å². The molecule has 0 radical (unpaired) electrons. The molecule has 5 unspecified atom stereocenters. The zero-order valence-corrected chi connectivity index (χ0v) is 20.5. The summed E-state index contributed by atoms with van der Waals surface area (Å²) in [6, 6.07) is 2.51. The third-order valence-corrected chi connectivity index (χ3v) is 10.6. The number of hydrogen-bond donors (Lipinski definition) is 0. The number of hydrogen-bond acceptors (Lipinski definition) is 6. The first-order chi connectivity index (χ1) is 14.3. The predicted octanol–water partition coefficient (Wildman–Crippen LogP) is 4.42. The van der Waals surface area contributed by atoms with E-state index < -0.39 is 8.07 Å². The molecule has 6 nitrogen and oxygen atoms in total. The molecule has 5 atom stereocenters. The van der Waals surface area contributed by atoms with Gasteiger partial charge in [0.15, 0.2) is 0 Å². The monoisotopic (exact) mass is 448 g/mol. The average molecular weight is 449 g/mol. The molecule has 2 bridgehead atoms. The number of fused-ring (bicyclic) bond motifs is 1. The molecule has 2 heterocycles. The minimum absolute atomic E-state index is 0.0646. The van der Waals surface area contributed by atoms with E-state index in [1.165, 1.54) is 12.1 Å². The molecule has 0 aromatic carbocycles. The van der Waals surface area contributed by atoms with Gasteiger partial charge in [-0.15, -0.1) is 0 Å². The molecule has 0 aromatic heterocycles. The first-order valence-electron chi connectivity index (χ1n) is 11.3. The van der Waals surface area contributed by atoms with Crippen LogP contribution in [0.1, 0.15) is 46.5 Å². The fraction of sp³-hybridized carbons (Fsp3) is 0.708. The summed E-state index contributed by atoms with van der Waals surface area (Å²) < 4.78 is 16.2. The summed E-state index contributed by atoms with van der Waals surface area (Å²) in [5.74, 6) is -0.0766. The van der Waals surface area contributed by atoms with E-state index in [-0.39, 0.29) is 47.6 Å². The first-order valence-corrected chi connectivity index (χ1v) is 14.7. The largest absolute Gasteiger partial charge is 0.458 e. The SMILES string of the molecule is C=C(C)C(=O)OC1(C)CC[Si](C)(C)CC1.C=C(C)C(=O)OC1C2CC3C(=O)OC1C3C2. The Bertz CT molecular complexity index is 790. The van der Waals surface area contributed by atoms with Crippen molar-refractivity contribution in [1.82, 2.24) is 0 Å². The van der Waals surface area contributed by atoms with Gasteiger partial charge in [0.25, 0.3) is 0 Å². The van der Waals surface area contributed by atoms with Crippen molar-refractivity contribution in [3.63, 3.8) is 0 Å². The Hall–Kier alpha value is -1.89. The van der Waals surface area contributed by atoms with Crippen molar-refractivity contribution in [1.29, 1.82) is 0 Å². The van der Waals surface area contributed by atoms with Crippen LogP contribution in [0.25, 0.3) is 0 Å². The van der Waals surface area contributed by atoms with Gasteiger partial charge in [0.2, 0.25) is 0 Å². The predicted molar refractivity (Wildman–Crippen MR) is 120 cm³/mol. The minimum Gasteiger partial charge on any atom is -0.458 e. The standard InChI is InChI=1S/C12H14O4.C12H22O2Si/c1-5(2)11(13)15-9-6-3-7-8(4-6)12(14)16-10(7)9;1-10(2)11(13)14-12(3)6-8-15(4,5)9-7-12/h6-10H,1,3-4H2,2H3;1,6-9H2,2-5H3. The smallest absolute Gasteiger partial charge is 0.333 e. The van der Waals surface area contributed by atoms with Gasteiger partial charge in [-0.05, 0) is 46.5 Å². The van der Waals surface area contributed by atoms with Crippen molar-refractivity contribution in [3.05, 3.63) is 24.3 Å². The lowest BCUT2D eigenvalue weighted by atomic mass is 9.88. The highest BCUT2D eigenvalue weighted by Gasteiger charge is 2.63. The number of esters is 3. The fourth-order valence-electron chi connectivity index (χ4n) is 5.16. The van der Waals surface area contributed by atoms with E-state index >= 15 is 0 Å². The summed E-state index contributed by atoms with van der Waals surface area (Å²) in [5, 5.41) is 0. The molecule has 2 aliphatic carbocycles. The molecule has 4 aliphatic rings. The van der Waals surface area contributed by atoms with Crippen molar-refractivity contribution >= 4 is 26.0 Å². The molecule has 0 spiro atoms. The van der Waals surface area contributed by atoms with Crippen LogP contribution in [0.5, 0.6) is 0 Å². The maximum atomic E-state index is 11.5. The molecule has 0 amide bonds. The van der Waals surface area contributed by atoms with Crippen LogP contribution in [-0.4, -0.2) is 43.8 Å². The Morgan fingerprint density at radius 2 is 1.65 bits per heavy atom. The zero-order valence-electron chi connectivity index (χ0n) is 19.5. The van der Waals surface area contributed by atoms with E-state index in [1.54, 1.807) is 13.8 Å². The van der Waals surface area contributed by atoms with E-state index in [9.17, 15) is 14.4 Å². The quantitative estimate of drug-likeness (QED) is 0.274. The topological polar surface area (TPSA) is 78.9 Å². The molecule has 172 valence electrons. The van der Waals surface area contributed by atoms with Crippen molar-refractivity contribution < 1.29 is 28.6 Å². The minimum atomic E-state index is -0.971. The van der Waals surface area contributed by atoms with Gasteiger partial charge in [0, 0.05) is 31.1 Å². The van der Waals surface area contributed by atoms with Crippen LogP contribution in [0, 0.1) is 17.8 Å². The second kappa shape index (κ2) is 8.56. The van der Waals surface area contributed by atoms with Crippen molar-refractivity contribution in [3.8, 4) is 0 Å². The van der Waals surface area contributed by atoms with Gasteiger partial charge >= 0.3 is 17.9 Å². The summed E-state index contributed by atoms with van der Waals surface area (Å²) in [5.41, 5.74) is 0.653. The number of carbonyl (C=O) groups is 3. The Morgan fingerprint density at radius 3 is 2.19 bits per heavy atom. The Labute approximate surface area is 186 Å². The van der Waals surface area contributed by atoms with E-state index in [0.717, 1.165) is 25.7 Å². The molecule has 4 fully saturated rings. The molecule has 2 aliphatic heterocycles. The van der Waals surface area contributed by atoms with Crippen LogP contribution in [0.15, 0.2) is 24.3 Å².